The number of alkyl halides is 1. The third-order valence-electron chi connectivity index (χ3n) is 1.87. The molecule has 2 atom stereocenters. The Morgan fingerprint density at radius 3 is 2.69 bits per heavy atom. The van der Waals surface area contributed by atoms with Crippen molar-refractivity contribution in [1.82, 2.24) is 0 Å². The van der Waals surface area contributed by atoms with E-state index in [1.165, 1.54) is 0 Å². The van der Waals surface area contributed by atoms with E-state index in [4.69, 9.17) is 10.5 Å². The van der Waals surface area contributed by atoms with Crippen molar-refractivity contribution in [2.24, 2.45) is 5.73 Å². The number of halogens is 1. The van der Waals surface area contributed by atoms with Crippen LogP contribution in [0.4, 0.5) is 4.39 Å². The maximum atomic E-state index is 13.4. The van der Waals surface area contributed by atoms with Gasteiger partial charge in [-0.05, 0) is 24.6 Å². The maximum absolute atomic E-state index is 13.4. The monoisotopic (exact) mass is 183 g/mol. The van der Waals surface area contributed by atoms with E-state index in [2.05, 4.69) is 0 Å². The quantitative estimate of drug-likeness (QED) is 0.778. The second-order valence-electron chi connectivity index (χ2n) is 3.04. The largest absolute Gasteiger partial charge is 0.497 e. The van der Waals surface area contributed by atoms with Crippen LogP contribution in [0.15, 0.2) is 24.3 Å². The van der Waals surface area contributed by atoms with Crippen LogP contribution in [0.3, 0.4) is 0 Å². The minimum absolute atomic E-state index is 0.493. The number of methoxy groups -OCH3 is 1. The molecule has 0 aliphatic carbocycles. The summed E-state index contributed by atoms with van der Waals surface area (Å²) in [6.07, 6.45) is -1.13. The molecule has 2 nitrogen and oxygen atoms in total. The lowest BCUT2D eigenvalue weighted by Crippen LogP contribution is -2.21. The summed E-state index contributed by atoms with van der Waals surface area (Å²) in [5.74, 6) is 0.654. The lowest BCUT2D eigenvalue weighted by atomic mass is 10.1. The van der Waals surface area contributed by atoms with Crippen LogP contribution in [0.1, 0.15) is 18.7 Å². The summed E-state index contributed by atoms with van der Waals surface area (Å²) in [5, 5.41) is 0. The highest BCUT2D eigenvalue weighted by atomic mass is 19.1. The summed E-state index contributed by atoms with van der Waals surface area (Å²) in [5.41, 5.74) is 6.01. The fourth-order valence-electron chi connectivity index (χ4n) is 1.12. The summed E-state index contributed by atoms with van der Waals surface area (Å²) in [6, 6.07) is 6.40. The smallest absolute Gasteiger partial charge is 0.140 e. The fraction of sp³-hybridized carbons (Fsp3) is 0.400. The van der Waals surface area contributed by atoms with E-state index >= 15 is 0 Å². The first kappa shape index (κ1) is 9.99. The zero-order valence-electron chi connectivity index (χ0n) is 7.83. The van der Waals surface area contributed by atoms with E-state index in [1.54, 1.807) is 38.3 Å². The molecule has 0 fully saturated rings. The Labute approximate surface area is 77.5 Å². The molecule has 0 radical (unpaired) electrons. The second-order valence-corrected chi connectivity index (χ2v) is 3.04. The minimum atomic E-state index is -1.13. The van der Waals surface area contributed by atoms with Crippen molar-refractivity contribution in [3.63, 3.8) is 0 Å². The predicted octanol–water partition coefficient (Wildman–Crippen LogP) is 2.05. The van der Waals surface area contributed by atoms with Crippen LogP contribution in [0.5, 0.6) is 5.75 Å². The molecular formula is C10H14FNO. The Bertz CT molecular complexity index is 275. The number of hydrogen-bond donors (Lipinski definition) is 1. The van der Waals surface area contributed by atoms with Gasteiger partial charge in [0.25, 0.3) is 0 Å². The van der Waals surface area contributed by atoms with Crippen molar-refractivity contribution in [3.8, 4) is 5.75 Å². The Morgan fingerprint density at radius 1 is 1.46 bits per heavy atom. The van der Waals surface area contributed by atoms with Gasteiger partial charge in [-0.25, -0.2) is 4.39 Å². The van der Waals surface area contributed by atoms with Crippen LogP contribution in [0.25, 0.3) is 0 Å². The van der Waals surface area contributed by atoms with Gasteiger partial charge in [0.1, 0.15) is 11.9 Å². The predicted molar refractivity (Wildman–Crippen MR) is 50.5 cm³/mol. The standard InChI is InChI=1S/C10H14FNO/c1-7(12)10(11)8-4-3-5-9(6-8)13-2/h3-7,10H,12H2,1-2H3/t7-,10-/m1/s1. The molecule has 0 bridgehead atoms. The molecule has 0 unspecified atom stereocenters. The van der Waals surface area contributed by atoms with Crippen LogP contribution in [-0.4, -0.2) is 13.2 Å². The fourth-order valence-corrected chi connectivity index (χ4v) is 1.12. The summed E-state index contributed by atoms with van der Waals surface area (Å²) >= 11 is 0. The van der Waals surface area contributed by atoms with Gasteiger partial charge in [-0.3, -0.25) is 0 Å². The molecule has 72 valence electrons. The maximum Gasteiger partial charge on any atom is 0.140 e. The van der Waals surface area contributed by atoms with Crippen LogP contribution in [-0.2, 0) is 0 Å². The highest BCUT2D eigenvalue weighted by Gasteiger charge is 2.14. The molecule has 1 aromatic rings. The van der Waals surface area contributed by atoms with Gasteiger partial charge in [-0.15, -0.1) is 0 Å². The van der Waals surface area contributed by atoms with Gasteiger partial charge in [-0.1, -0.05) is 12.1 Å². The third kappa shape index (κ3) is 2.42. The molecule has 0 heterocycles. The van der Waals surface area contributed by atoms with Crippen molar-refractivity contribution in [2.45, 2.75) is 19.1 Å². The third-order valence-corrected chi connectivity index (χ3v) is 1.87. The van der Waals surface area contributed by atoms with Gasteiger partial charge in [0.05, 0.1) is 7.11 Å². The van der Waals surface area contributed by atoms with Crippen molar-refractivity contribution in [2.75, 3.05) is 7.11 Å². The molecule has 3 heteroatoms. The average Bonchev–Trinajstić information content (AvgIpc) is 2.16. The Kier molecular flexibility index (Phi) is 3.25. The number of rotatable bonds is 3. The topological polar surface area (TPSA) is 35.2 Å². The van der Waals surface area contributed by atoms with Gasteiger partial charge < -0.3 is 10.5 Å². The summed E-state index contributed by atoms with van der Waals surface area (Å²) < 4.78 is 18.4. The number of hydrogen-bond acceptors (Lipinski definition) is 2. The first-order valence-corrected chi connectivity index (χ1v) is 4.18. The minimum Gasteiger partial charge on any atom is -0.497 e. The molecule has 0 spiro atoms. The Morgan fingerprint density at radius 2 is 2.15 bits per heavy atom. The Hall–Kier alpha value is -1.09. The molecule has 0 amide bonds. The van der Waals surface area contributed by atoms with E-state index in [1.807, 2.05) is 0 Å². The van der Waals surface area contributed by atoms with Crippen LogP contribution in [0, 0.1) is 0 Å². The second kappa shape index (κ2) is 4.23. The molecule has 2 N–H and O–H groups in total. The zero-order chi connectivity index (χ0) is 9.84. The van der Waals surface area contributed by atoms with Crippen LogP contribution >= 0.6 is 0 Å². The SMILES string of the molecule is COc1cccc([C@H](F)[C@@H](C)N)c1. The van der Waals surface area contributed by atoms with E-state index in [9.17, 15) is 4.39 Å². The van der Waals surface area contributed by atoms with Gasteiger partial charge in [0.2, 0.25) is 0 Å². The molecule has 0 saturated carbocycles. The summed E-state index contributed by atoms with van der Waals surface area (Å²) in [4.78, 5) is 0. The van der Waals surface area contributed by atoms with E-state index in [0.717, 1.165) is 0 Å². The van der Waals surface area contributed by atoms with E-state index in [0.29, 0.717) is 11.3 Å². The normalized spacial score (nSPS) is 15.1. The highest BCUT2D eigenvalue weighted by molar-refractivity contribution is 5.30. The first-order chi connectivity index (χ1) is 6.15. The number of benzene rings is 1. The van der Waals surface area contributed by atoms with Crippen LogP contribution in [0.2, 0.25) is 0 Å². The van der Waals surface area contributed by atoms with Gasteiger partial charge in [0.15, 0.2) is 0 Å². The average molecular weight is 183 g/mol. The Balaban J connectivity index is 2.88. The molecule has 13 heavy (non-hydrogen) atoms. The van der Waals surface area contributed by atoms with E-state index in [-0.39, 0.29) is 0 Å². The van der Waals surface area contributed by atoms with Crippen LogP contribution < -0.4 is 10.5 Å². The molecule has 1 aromatic carbocycles. The molecule has 0 aliphatic rings. The van der Waals surface area contributed by atoms with E-state index < -0.39 is 12.2 Å². The molecule has 0 aliphatic heterocycles. The molecular weight excluding hydrogens is 169 g/mol. The highest BCUT2D eigenvalue weighted by Crippen LogP contribution is 2.23. The molecule has 0 saturated heterocycles. The molecule has 1 rings (SSSR count). The molecule has 0 aromatic heterocycles. The van der Waals surface area contributed by atoms with Gasteiger partial charge >= 0.3 is 0 Å². The van der Waals surface area contributed by atoms with Crippen molar-refractivity contribution >= 4 is 0 Å². The van der Waals surface area contributed by atoms with Crippen molar-refractivity contribution in [1.29, 1.82) is 0 Å². The van der Waals surface area contributed by atoms with Crippen molar-refractivity contribution < 1.29 is 9.13 Å². The van der Waals surface area contributed by atoms with Gasteiger partial charge in [0, 0.05) is 6.04 Å². The van der Waals surface area contributed by atoms with Gasteiger partial charge in [-0.2, -0.15) is 0 Å². The number of ether oxygens (including phenoxy) is 1. The summed E-state index contributed by atoms with van der Waals surface area (Å²) in [7, 11) is 1.55. The zero-order valence-corrected chi connectivity index (χ0v) is 7.83. The number of nitrogens with two attached hydrogens (primary N) is 1. The lowest BCUT2D eigenvalue weighted by molar-refractivity contribution is 0.298. The first-order valence-electron chi connectivity index (χ1n) is 4.18. The lowest BCUT2D eigenvalue weighted by Gasteiger charge is -2.12. The summed E-state index contributed by atoms with van der Waals surface area (Å²) in [6.45, 7) is 1.64. The van der Waals surface area contributed by atoms with Crippen molar-refractivity contribution in [3.05, 3.63) is 29.8 Å².